The number of fused-ring (bicyclic) bond motifs is 1. The molecule has 3 aromatic rings. The zero-order chi connectivity index (χ0) is 29.7. The Morgan fingerprint density at radius 1 is 1.17 bits per heavy atom. The molecule has 1 fully saturated rings. The summed E-state index contributed by atoms with van der Waals surface area (Å²) in [6.07, 6.45) is 2.31. The number of hydrogen-bond donors (Lipinski definition) is 2. The molecule has 0 spiro atoms. The minimum Gasteiger partial charge on any atom is -0.497 e. The molecule has 1 atom stereocenters. The van der Waals surface area contributed by atoms with Crippen molar-refractivity contribution in [3.05, 3.63) is 65.1 Å². The third-order valence-corrected chi connectivity index (χ3v) is 8.15. The van der Waals surface area contributed by atoms with E-state index in [9.17, 15) is 23.2 Å². The van der Waals surface area contributed by atoms with Gasteiger partial charge in [-0.05, 0) is 94.1 Å². The van der Waals surface area contributed by atoms with Crippen molar-refractivity contribution < 1.29 is 32.3 Å². The molecule has 1 aliphatic heterocycles. The fraction of sp³-hybridized carbons (Fsp3) is 0.467. The normalized spacial score (nSPS) is 16.0. The van der Waals surface area contributed by atoms with Crippen molar-refractivity contribution in [2.75, 3.05) is 45.7 Å². The quantitative estimate of drug-likeness (QED) is 0.131. The van der Waals surface area contributed by atoms with Gasteiger partial charge < -0.3 is 14.5 Å². The SMILES string of the molecule is COc1ccc2ncc(N(C)C)c(C(F)CCC3(C(=O)NO)CCN(CCCc4cc(F)c(F)c(F)c4)CC3)c2c1. The van der Waals surface area contributed by atoms with Gasteiger partial charge in [-0.1, -0.05) is 0 Å². The number of piperidine rings is 1. The first-order valence-electron chi connectivity index (χ1n) is 13.7. The Morgan fingerprint density at radius 2 is 1.85 bits per heavy atom. The van der Waals surface area contributed by atoms with Crippen LogP contribution in [-0.2, 0) is 11.2 Å². The number of aromatic nitrogens is 1. The Hall–Kier alpha value is -3.44. The van der Waals surface area contributed by atoms with E-state index in [0.717, 1.165) is 12.1 Å². The van der Waals surface area contributed by atoms with Gasteiger partial charge in [-0.25, -0.2) is 23.0 Å². The highest BCUT2D eigenvalue weighted by atomic mass is 19.2. The van der Waals surface area contributed by atoms with E-state index < -0.39 is 34.9 Å². The van der Waals surface area contributed by atoms with E-state index >= 15 is 4.39 Å². The number of likely N-dealkylation sites (tertiary alicyclic amines) is 1. The summed E-state index contributed by atoms with van der Waals surface area (Å²) in [6, 6.07) is 7.32. The van der Waals surface area contributed by atoms with Gasteiger partial charge in [-0.15, -0.1) is 0 Å². The van der Waals surface area contributed by atoms with Crippen LogP contribution in [0.4, 0.5) is 23.2 Å². The Bertz CT molecular complexity index is 1360. The first kappa shape index (κ1) is 30.5. The third kappa shape index (κ3) is 6.73. The van der Waals surface area contributed by atoms with Crippen molar-refractivity contribution in [3.8, 4) is 5.75 Å². The number of hydrogen-bond acceptors (Lipinski definition) is 6. The first-order valence-corrected chi connectivity index (χ1v) is 13.7. The van der Waals surface area contributed by atoms with Gasteiger partial charge in [0.2, 0.25) is 5.91 Å². The van der Waals surface area contributed by atoms with E-state index in [0.29, 0.717) is 78.8 Å². The number of nitrogens with one attached hydrogen (secondary N) is 1. The molecule has 0 radical (unpaired) electrons. The highest BCUT2D eigenvalue weighted by Crippen LogP contribution is 2.43. The van der Waals surface area contributed by atoms with E-state index in [1.54, 1.807) is 41.9 Å². The van der Waals surface area contributed by atoms with Gasteiger partial charge in [0.1, 0.15) is 11.9 Å². The van der Waals surface area contributed by atoms with Gasteiger partial charge in [0.25, 0.3) is 0 Å². The van der Waals surface area contributed by atoms with Crippen LogP contribution in [0.2, 0.25) is 0 Å². The summed E-state index contributed by atoms with van der Waals surface area (Å²) in [4.78, 5) is 21.3. The first-order chi connectivity index (χ1) is 19.6. The summed E-state index contributed by atoms with van der Waals surface area (Å²) >= 11 is 0. The average molecular weight is 577 g/mol. The molecule has 2 N–H and O–H groups in total. The predicted octanol–water partition coefficient (Wildman–Crippen LogP) is 5.74. The topological polar surface area (TPSA) is 77.9 Å². The van der Waals surface area contributed by atoms with E-state index in [2.05, 4.69) is 9.88 Å². The van der Waals surface area contributed by atoms with Gasteiger partial charge in [0.15, 0.2) is 17.5 Å². The number of aryl methyl sites for hydroxylation is 1. The summed E-state index contributed by atoms with van der Waals surface area (Å²) in [5, 5.41) is 10.2. The monoisotopic (exact) mass is 576 g/mol. The molecular weight excluding hydrogens is 540 g/mol. The molecule has 1 aromatic heterocycles. The highest BCUT2D eigenvalue weighted by Gasteiger charge is 2.41. The summed E-state index contributed by atoms with van der Waals surface area (Å²) < 4.78 is 61.7. The summed E-state index contributed by atoms with van der Waals surface area (Å²) in [6.45, 7) is 1.68. The lowest BCUT2D eigenvalue weighted by Crippen LogP contribution is -2.48. The summed E-state index contributed by atoms with van der Waals surface area (Å²) in [5.74, 6) is -3.84. The number of alkyl halides is 1. The number of methoxy groups -OCH3 is 1. The zero-order valence-electron chi connectivity index (χ0n) is 23.5. The fourth-order valence-corrected chi connectivity index (χ4v) is 5.71. The standard InChI is InChI=1S/C30H36F4N4O3/c1-37(2)26-18-35-25-7-6-20(41-3)17-21(25)27(26)22(31)8-9-30(29(39)36-40)10-13-38(14-11-30)12-4-5-19-15-23(32)28(34)24(33)16-19/h6-7,15-18,22,40H,4-5,8-14H2,1-3H3,(H,36,39). The molecule has 1 saturated heterocycles. The maximum atomic E-state index is 16.1. The molecule has 0 saturated carbocycles. The molecule has 41 heavy (non-hydrogen) atoms. The number of rotatable bonds is 11. The zero-order valence-corrected chi connectivity index (χ0v) is 23.5. The van der Waals surface area contributed by atoms with Gasteiger partial charge in [0, 0.05) is 25.0 Å². The molecule has 0 bridgehead atoms. The van der Waals surface area contributed by atoms with Gasteiger partial charge >= 0.3 is 0 Å². The van der Waals surface area contributed by atoms with Crippen LogP contribution >= 0.6 is 0 Å². The summed E-state index contributed by atoms with van der Waals surface area (Å²) in [5.41, 5.74) is 2.97. The molecule has 2 heterocycles. The van der Waals surface area contributed by atoms with Crippen molar-refractivity contribution >= 4 is 22.5 Å². The van der Waals surface area contributed by atoms with E-state index in [-0.39, 0.29) is 12.8 Å². The molecule has 1 amide bonds. The fourth-order valence-electron chi connectivity index (χ4n) is 5.71. The van der Waals surface area contributed by atoms with Crippen LogP contribution < -0.4 is 15.1 Å². The van der Waals surface area contributed by atoms with Crippen molar-refractivity contribution in [2.45, 2.75) is 44.7 Å². The summed E-state index contributed by atoms with van der Waals surface area (Å²) in [7, 11) is 5.18. The van der Waals surface area contributed by atoms with Crippen molar-refractivity contribution in [1.82, 2.24) is 15.4 Å². The predicted molar refractivity (Wildman–Crippen MR) is 148 cm³/mol. The molecule has 222 valence electrons. The molecule has 0 aliphatic carbocycles. The lowest BCUT2D eigenvalue weighted by atomic mass is 9.73. The van der Waals surface area contributed by atoms with E-state index in [1.165, 1.54) is 0 Å². The van der Waals surface area contributed by atoms with Crippen LogP contribution in [0.25, 0.3) is 10.9 Å². The van der Waals surface area contributed by atoms with Crippen molar-refractivity contribution in [1.29, 1.82) is 0 Å². The second-order valence-corrected chi connectivity index (χ2v) is 10.9. The molecular formula is C30H36F4N4O3. The lowest BCUT2D eigenvalue weighted by Gasteiger charge is -2.40. The molecule has 1 unspecified atom stereocenters. The number of carbonyl (C=O) groups excluding carboxylic acids is 1. The van der Waals surface area contributed by atoms with E-state index in [1.807, 2.05) is 14.1 Å². The highest BCUT2D eigenvalue weighted by molar-refractivity contribution is 5.88. The Labute approximate surface area is 237 Å². The minimum absolute atomic E-state index is 0.0618. The lowest BCUT2D eigenvalue weighted by molar-refractivity contribution is -0.143. The van der Waals surface area contributed by atoms with Crippen LogP contribution in [0.1, 0.15) is 49.4 Å². The Morgan fingerprint density at radius 3 is 2.46 bits per heavy atom. The number of halogens is 4. The van der Waals surface area contributed by atoms with Crippen molar-refractivity contribution in [3.63, 3.8) is 0 Å². The number of benzene rings is 2. The number of amides is 1. The van der Waals surface area contributed by atoms with Crippen LogP contribution in [0, 0.1) is 22.9 Å². The second kappa shape index (κ2) is 13.0. The van der Waals surface area contributed by atoms with Crippen LogP contribution in [0.15, 0.2) is 36.5 Å². The van der Waals surface area contributed by atoms with Crippen LogP contribution in [0.5, 0.6) is 5.75 Å². The van der Waals surface area contributed by atoms with Gasteiger partial charge in [-0.3, -0.25) is 15.0 Å². The number of carbonyl (C=O) groups is 1. The number of anilines is 1. The molecule has 11 heteroatoms. The largest absolute Gasteiger partial charge is 0.497 e. The second-order valence-electron chi connectivity index (χ2n) is 10.9. The number of nitrogens with zero attached hydrogens (tertiary/aromatic N) is 3. The van der Waals surface area contributed by atoms with Gasteiger partial charge in [0.05, 0.1) is 29.9 Å². The maximum absolute atomic E-state index is 16.1. The third-order valence-electron chi connectivity index (χ3n) is 8.15. The number of hydroxylamine groups is 1. The number of ether oxygens (including phenoxy) is 1. The number of pyridine rings is 1. The molecule has 1 aliphatic rings. The molecule has 2 aromatic carbocycles. The van der Waals surface area contributed by atoms with Crippen LogP contribution in [-0.4, -0.2) is 61.8 Å². The average Bonchev–Trinajstić information content (AvgIpc) is 2.97. The Balaban J connectivity index is 1.43. The Kier molecular flexibility index (Phi) is 9.70. The van der Waals surface area contributed by atoms with Gasteiger partial charge in [-0.2, -0.15) is 0 Å². The maximum Gasteiger partial charge on any atom is 0.249 e. The molecule has 4 rings (SSSR count). The van der Waals surface area contributed by atoms with Crippen molar-refractivity contribution in [2.24, 2.45) is 5.41 Å². The molecule has 7 nitrogen and oxygen atoms in total. The van der Waals surface area contributed by atoms with E-state index in [4.69, 9.17) is 4.74 Å². The smallest absolute Gasteiger partial charge is 0.249 e. The van der Waals surface area contributed by atoms with Crippen LogP contribution in [0.3, 0.4) is 0 Å². The minimum atomic E-state index is -1.48.